The summed E-state index contributed by atoms with van der Waals surface area (Å²) in [5, 5.41) is 7.38. The van der Waals surface area contributed by atoms with Crippen LogP contribution in [0.3, 0.4) is 0 Å². The Bertz CT molecular complexity index is 398. The second kappa shape index (κ2) is 2.17. The van der Waals surface area contributed by atoms with Crippen molar-refractivity contribution in [2.45, 2.75) is 0 Å². The van der Waals surface area contributed by atoms with E-state index in [1.165, 1.54) is 16.8 Å². The molecule has 0 bridgehead atoms. The SMILES string of the molecule is Fc1cc(Cl)cn2cnnc12. The standard InChI is InChI=1S/C6H3ClFN3/c7-4-1-5(8)6-10-9-3-11(6)2-4/h1-3H. The highest BCUT2D eigenvalue weighted by Crippen LogP contribution is 2.12. The summed E-state index contributed by atoms with van der Waals surface area (Å²) in [6, 6.07) is 1.20. The third-order valence-corrected chi connectivity index (χ3v) is 1.52. The Labute approximate surface area is 66.4 Å². The average Bonchev–Trinajstić information content (AvgIpc) is 2.34. The largest absolute Gasteiger partial charge is 0.285 e. The smallest absolute Gasteiger partial charge is 0.196 e. The predicted molar refractivity (Wildman–Crippen MR) is 38.0 cm³/mol. The van der Waals surface area contributed by atoms with E-state index in [0.29, 0.717) is 5.02 Å². The van der Waals surface area contributed by atoms with Crippen molar-refractivity contribution in [2.24, 2.45) is 0 Å². The molecule has 2 rings (SSSR count). The average molecular weight is 172 g/mol. The molecular formula is C6H3ClFN3. The zero-order valence-electron chi connectivity index (χ0n) is 5.33. The van der Waals surface area contributed by atoms with Gasteiger partial charge >= 0.3 is 0 Å². The van der Waals surface area contributed by atoms with Crippen molar-refractivity contribution in [1.29, 1.82) is 0 Å². The fourth-order valence-corrected chi connectivity index (χ4v) is 1.06. The molecular weight excluding hydrogens is 169 g/mol. The van der Waals surface area contributed by atoms with E-state index >= 15 is 0 Å². The summed E-state index contributed by atoms with van der Waals surface area (Å²) in [5.74, 6) is -0.463. The van der Waals surface area contributed by atoms with E-state index in [1.54, 1.807) is 6.20 Å². The van der Waals surface area contributed by atoms with Gasteiger partial charge in [0.2, 0.25) is 0 Å². The molecule has 2 aromatic rings. The first-order valence-corrected chi connectivity index (χ1v) is 3.29. The van der Waals surface area contributed by atoms with E-state index in [4.69, 9.17) is 11.6 Å². The van der Waals surface area contributed by atoms with Gasteiger partial charge in [-0.1, -0.05) is 11.6 Å². The van der Waals surface area contributed by atoms with E-state index in [-0.39, 0.29) is 5.65 Å². The predicted octanol–water partition coefficient (Wildman–Crippen LogP) is 1.52. The summed E-state index contributed by atoms with van der Waals surface area (Å²) in [5.41, 5.74) is 0.189. The molecule has 0 aliphatic heterocycles. The van der Waals surface area contributed by atoms with Crippen LogP contribution in [0.2, 0.25) is 5.02 Å². The number of halogens is 2. The maximum Gasteiger partial charge on any atom is 0.196 e. The Morgan fingerprint density at radius 3 is 3.18 bits per heavy atom. The minimum atomic E-state index is -0.463. The van der Waals surface area contributed by atoms with Gasteiger partial charge in [-0.05, 0) is 6.07 Å². The van der Waals surface area contributed by atoms with Crippen molar-refractivity contribution in [3.63, 3.8) is 0 Å². The van der Waals surface area contributed by atoms with E-state index in [0.717, 1.165) is 0 Å². The maximum absolute atomic E-state index is 12.9. The third kappa shape index (κ3) is 0.952. The lowest BCUT2D eigenvalue weighted by atomic mass is 10.4. The summed E-state index contributed by atoms with van der Waals surface area (Å²) >= 11 is 5.56. The molecule has 0 saturated heterocycles. The molecule has 0 fully saturated rings. The van der Waals surface area contributed by atoms with Gasteiger partial charge in [0, 0.05) is 6.20 Å². The van der Waals surface area contributed by atoms with Crippen molar-refractivity contribution >= 4 is 17.2 Å². The second-order valence-corrected chi connectivity index (χ2v) is 2.50. The van der Waals surface area contributed by atoms with E-state index in [2.05, 4.69) is 10.2 Å². The number of hydrogen-bond acceptors (Lipinski definition) is 2. The molecule has 0 aromatic carbocycles. The highest BCUT2D eigenvalue weighted by atomic mass is 35.5. The van der Waals surface area contributed by atoms with Crippen molar-refractivity contribution in [2.75, 3.05) is 0 Å². The molecule has 0 spiro atoms. The van der Waals surface area contributed by atoms with Crippen LogP contribution in [-0.4, -0.2) is 14.6 Å². The lowest BCUT2D eigenvalue weighted by molar-refractivity contribution is 0.629. The molecule has 2 heterocycles. The first-order valence-electron chi connectivity index (χ1n) is 2.92. The van der Waals surface area contributed by atoms with Crippen LogP contribution in [0, 0.1) is 5.82 Å². The fourth-order valence-electron chi connectivity index (χ4n) is 0.864. The van der Waals surface area contributed by atoms with E-state index in [9.17, 15) is 4.39 Å². The summed E-state index contributed by atoms with van der Waals surface area (Å²) in [6.45, 7) is 0. The Hall–Kier alpha value is -1.16. The van der Waals surface area contributed by atoms with Crippen LogP contribution in [0.5, 0.6) is 0 Å². The zero-order valence-corrected chi connectivity index (χ0v) is 6.09. The normalized spacial score (nSPS) is 10.7. The number of aromatic nitrogens is 3. The highest BCUT2D eigenvalue weighted by Gasteiger charge is 2.03. The fraction of sp³-hybridized carbons (Fsp3) is 0. The molecule has 0 amide bonds. The van der Waals surface area contributed by atoms with Crippen molar-refractivity contribution in [3.05, 3.63) is 29.4 Å². The van der Waals surface area contributed by atoms with Crippen LogP contribution in [-0.2, 0) is 0 Å². The first-order chi connectivity index (χ1) is 5.27. The van der Waals surface area contributed by atoms with Gasteiger partial charge in [0.25, 0.3) is 0 Å². The van der Waals surface area contributed by atoms with Crippen molar-refractivity contribution < 1.29 is 4.39 Å². The molecule has 11 heavy (non-hydrogen) atoms. The van der Waals surface area contributed by atoms with Crippen LogP contribution in [0.1, 0.15) is 0 Å². The van der Waals surface area contributed by atoms with Gasteiger partial charge < -0.3 is 0 Å². The van der Waals surface area contributed by atoms with Crippen LogP contribution < -0.4 is 0 Å². The minimum Gasteiger partial charge on any atom is -0.285 e. The third-order valence-electron chi connectivity index (χ3n) is 1.31. The topological polar surface area (TPSA) is 30.2 Å². The Morgan fingerprint density at radius 1 is 1.55 bits per heavy atom. The van der Waals surface area contributed by atoms with Gasteiger partial charge in [-0.25, -0.2) is 4.39 Å². The molecule has 56 valence electrons. The van der Waals surface area contributed by atoms with Gasteiger partial charge in [-0.2, -0.15) is 0 Å². The summed E-state index contributed by atoms with van der Waals surface area (Å²) in [4.78, 5) is 0. The van der Waals surface area contributed by atoms with Gasteiger partial charge in [0.1, 0.15) is 6.33 Å². The van der Waals surface area contributed by atoms with Gasteiger partial charge in [0.05, 0.1) is 5.02 Å². The second-order valence-electron chi connectivity index (χ2n) is 2.07. The number of hydrogen-bond donors (Lipinski definition) is 0. The van der Waals surface area contributed by atoms with Crippen LogP contribution in [0.15, 0.2) is 18.6 Å². The van der Waals surface area contributed by atoms with Gasteiger partial charge in [-0.15, -0.1) is 10.2 Å². The quantitative estimate of drug-likeness (QED) is 0.602. The summed E-state index contributed by atoms with van der Waals surface area (Å²) in [6.07, 6.45) is 2.93. The summed E-state index contributed by atoms with van der Waals surface area (Å²) < 4.78 is 14.3. The summed E-state index contributed by atoms with van der Waals surface area (Å²) in [7, 11) is 0. The molecule has 0 aliphatic rings. The van der Waals surface area contributed by atoms with Crippen molar-refractivity contribution in [1.82, 2.24) is 14.6 Å². The Balaban J connectivity index is 2.91. The van der Waals surface area contributed by atoms with Gasteiger partial charge in [0.15, 0.2) is 11.5 Å². The number of rotatable bonds is 0. The molecule has 0 aliphatic carbocycles. The lowest BCUT2D eigenvalue weighted by Gasteiger charge is -1.93. The molecule has 0 radical (unpaired) electrons. The Kier molecular flexibility index (Phi) is 1.29. The molecule has 0 N–H and O–H groups in total. The molecule has 2 aromatic heterocycles. The van der Waals surface area contributed by atoms with E-state index < -0.39 is 5.82 Å². The monoisotopic (exact) mass is 171 g/mol. The minimum absolute atomic E-state index is 0.189. The molecule has 0 saturated carbocycles. The highest BCUT2D eigenvalue weighted by molar-refractivity contribution is 6.30. The lowest BCUT2D eigenvalue weighted by Crippen LogP contribution is -1.86. The number of fused-ring (bicyclic) bond motifs is 1. The van der Waals surface area contributed by atoms with Crippen LogP contribution in [0.4, 0.5) is 4.39 Å². The van der Waals surface area contributed by atoms with Gasteiger partial charge in [-0.3, -0.25) is 4.40 Å². The zero-order chi connectivity index (χ0) is 7.84. The van der Waals surface area contributed by atoms with Crippen LogP contribution >= 0.6 is 11.6 Å². The molecule has 3 nitrogen and oxygen atoms in total. The van der Waals surface area contributed by atoms with E-state index in [1.807, 2.05) is 0 Å². The van der Waals surface area contributed by atoms with Crippen molar-refractivity contribution in [3.8, 4) is 0 Å². The van der Waals surface area contributed by atoms with Crippen LogP contribution in [0.25, 0.3) is 5.65 Å². The number of pyridine rings is 1. The number of nitrogens with zero attached hydrogens (tertiary/aromatic N) is 3. The Morgan fingerprint density at radius 2 is 2.36 bits per heavy atom. The first kappa shape index (κ1) is 6.54. The molecule has 0 atom stereocenters. The molecule has 5 heteroatoms. The molecule has 0 unspecified atom stereocenters. The maximum atomic E-state index is 12.9.